The van der Waals surface area contributed by atoms with Gasteiger partial charge >= 0.3 is 6.18 Å². The monoisotopic (exact) mass is 532 g/mol. The van der Waals surface area contributed by atoms with Gasteiger partial charge in [-0.3, -0.25) is 4.79 Å². The molecule has 5 aromatic rings. The Morgan fingerprint density at radius 2 is 1.77 bits per heavy atom. The third-order valence-corrected chi connectivity index (χ3v) is 6.33. The first-order valence-corrected chi connectivity index (χ1v) is 11.9. The van der Waals surface area contributed by atoms with Gasteiger partial charge in [0.2, 0.25) is 5.91 Å². The number of carbonyl (C=O) groups is 1. The van der Waals surface area contributed by atoms with Gasteiger partial charge in [0.1, 0.15) is 12.1 Å². The number of primary amides is 1. The summed E-state index contributed by atoms with van der Waals surface area (Å²) >= 11 is 0. The molecule has 0 saturated carbocycles. The van der Waals surface area contributed by atoms with Crippen molar-refractivity contribution in [2.24, 2.45) is 5.73 Å². The fourth-order valence-corrected chi connectivity index (χ4v) is 4.39. The van der Waals surface area contributed by atoms with Gasteiger partial charge in [0.05, 0.1) is 23.9 Å². The second kappa shape index (κ2) is 10.2. The summed E-state index contributed by atoms with van der Waals surface area (Å²) in [6, 6.07) is 15.9. The molecule has 0 aliphatic heterocycles. The standard InChI is InChI=1S/C28H23F3N6O2/c1-16-2-3-17(21-7-6-20(28(29,30)31)12-23(21)27(32)39)10-22(16)18-4-5-19-14-36-37(24(19)11-18)26-13-25(33-8-9-38)34-15-35-26/h2-7,10-15,38H,8-9H2,1H3,(H2,32,39)(H,33,34,35). The number of aliphatic hydroxyl groups is 1. The van der Waals surface area contributed by atoms with E-state index in [4.69, 9.17) is 10.8 Å². The van der Waals surface area contributed by atoms with Gasteiger partial charge in [0.15, 0.2) is 5.82 Å². The molecule has 8 nitrogen and oxygen atoms in total. The fraction of sp³-hybridized carbons (Fsp3) is 0.143. The van der Waals surface area contributed by atoms with Gasteiger partial charge in [-0.05, 0) is 59.0 Å². The number of hydrogen-bond donors (Lipinski definition) is 3. The topological polar surface area (TPSA) is 119 Å². The predicted molar refractivity (Wildman–Crippen MR) is 141 cm³/mol. The van der Waals surface area contributed by atoms with Crippen molar-refractivity contribution in [2.45, 2.75) is 13.1 Å². The van der Waals surface area contributed by atoms with E-state index in [9.17, 15) is 18.0 Å². The zero-order chi connectivity index (χ0) is 27.7. The number of anilines is 1. The van der Waals surface area contributed by atoms with Crippen LogP contribution < -0.4 is 11.1 Å². The van der Waals surface area contributed by atoms with E-state index in [1.54, 1.807) is 23.0 Å². The first-order chi connectivity index (χ1) is 18.7. The molecule has 0 atom stereocenters. The smallest absolute Gasteiger partial charge is 0.395 e. The van der Waals surface area contributed by atoms with Crippen LogP contribution in [0.2, 0.25) is 0 Å². The van der Waals surface area contributed by atoms with Crippen LogP contribution >= 0.6 is 0 Å². The van der Waals surface area contributed by atoms with Gasteiger partial charge in [0.25, 0.3) is 0 Å². The van der Waals surface area contributed by atoms with Crippen LogP contribution in [0, 0.1) is 6.92 Å². The van der Waals surface area contributed by atoms with Crippen molar-refractivity contribution in [1.29, 1.82) is 0 Å². The van der Waals surface area contributed by atoms with E-state index < -0.39 is 17.6 Å². The lowest BCUT2D eigenvalue weighted by Crippen LogP contribution is -2.15. The highest BCUT2D eigenvalue weighted by molar-refractivity contribution is 6.00. The van der Waals surface area contributed by atoms with Crippen LogP contribution in [0.5, 0.6) is 0 Å². The molecule has 4 N–H and O–H groups in total. The number of amides is 1. The Bertz CT molecular complexity index is 1700. The summed E-state index contributed by atoms with van der Waals surface area (Å²) in [6.45, 7) is 2.22. The lowest BCUT2D eigenvalue weighted by Gasteiger charge is -2.14. The van der Waals surface area contributed by atoms with E-state index in [1.807, 2.05) is 37.3 Å². The summed E-state index contributed by atoms with van der Waals surface area (Å²) in [7, 11) is 0. The van der Waals surface area contributed by atoms with Crippen molar-refractivity contribution < 1.29 is 23.1 Å². The van der Waals surface area contributed by atoms with Crippen molar-refractivity contribution in [3.63, 3.8) is 0 Å². The minimum absolute atomic E-state index is 0.0424. The van der Waals surface area contributed by atoms with E-state index in [-0.39, 0.29) is 12.2 Å². The summed E-state index contributed by atoms with van der Waals surface area (Å²) in [5.41, 5.74) is 8.54. The number of benzene rings is 3. The van der Waals surface area contributed by atoms with E-state index in [0.717, 1.165) is 39.7 Å². The second-order valence-electron chi connectivity index (χ2n) is 8.89. The van der Waals surface area contributed by atoms with E-state index in [2.05, 4.69) is 20.4 Å². The summed E-state index contributed by atoms with van der Waals surface area (Å²) in [5.74, 6) is 0.124. The summed E-state index contributed by atoms with van der Waals surface area (Å²) in [5, 5.41) is 17.4. The molecule has 2 heterocycles. The number of aromatic nitrogens is 4. The number of aryl methyl sites for hydroxylation is 1. The predicted octanol–water partition coefficient (Wildman–Crippen LogP) is 4.98. The van der Waals surface area contributed by atoms with E-state index >= 15 is 0 Å². The summed E-state index contributed by atoms with van der Waals surface area (Å²) in [4.78, 5) is 20.6. The number of nitrogens with one attached hydrogen (secondary N) is 1. The number of alkyl halides is 3. The molecule has 0 fully saturated rings. The molecule has 0 spiro atoms. The van der Waals surface area contributed by atoms with Crippen LogP contribution in [-0.2, 0) is 6.18 Å². The van der Waals surface area contributed by atoms with Crippen molar-refractivity contribution in [3.05, 3.63) is 89.9 Å². The van der Waals surface area contributed by atoms with Crippen LogP contribution in [0.15, 0.2) is 73.2 Å². The van der Waals surface area contributed by atoms with Crippen molar-refractivity contribution >= 4 is 22.6 Å². The maximum Gasteiger partial charge on any atom is 0.416 e. The zero-order valence-electron chi connectivity index (χ0n) is 20.7. The number of rotatable bonds is 7. The first-order valence-electron chi connectivity index (χ1n) is 11.9. The Balaban J connectivity index is 1.59. The molecule has 0 radical (unpaired) electrons. The van der Waals surface area contributed by atoms with E-state index in [0.29, 0.717) is 29.3 Å². The van der Waals surface area contributed by atoms with Gasteiger partial charge in [0, 0.05) is 23.6 Å². The van der Waals surface area contributed by atoms with Crippen LogP contribution in [0.1, 0.15) is 21.5 Å². The molecule has 11 heteroatoms. The van der Waals surface area contributed by atoms with Crippen molar-refractivity contribution in [3.8, 4) is 28.1 Å². The molecule has 1 amide bonds. The largest absolute Gasteiger partial charge is 0.416 e. The average Bonchev–Trinajstić information content (AvgIpc) is 3.35. The highest BCUT2D eigenvalue weighted by Crippen LogP contribution is 2.36. The van der Waals surface area contributed by atoms with Gasteiger partial charge in [-0.15, -0.1) is 0 Å². The summed E-state index contributed by atoms with van der Waals surface area (Å²) in [6.07, 6.45) is -1.48. The minimum Gasteiger partial charge on any atom is -0.395 e. The number of aliphatic hydroxyl groups excluding tert-OH is 1. The van der Waals surface area contributed by atoms with Gasteiger partial charge in [-0.1, -0.05) is 30.3 Å². The molecule has 2 aromatic heterocycles. The number of nitrogens with two attached hydrogens (primary N) is 1. The maximum atomic E-state index is 13.3. The van der Waals surface area contributed by atoms with E-state index in [1.165, 1.54) is 12.4 Å². The molecular formula is C28H23F3N6O2. The second-order valence-corrected chi connectivity index (χ2v) is 8.89. The normalized spacial score (nSPS) is 11.6. The molecule has 0 aliphatic rings. The molecule has 0 saturated heterocycles. The minimum atomic E-state index is -4.60. The molecule has 0 unspecified atom stereocenters. The van der Waals surface area contributed by atoms with Crippen molar-refractivity contribution in [1.82, 2.24) is 19.7 Å². The SMILES string of the molecule is Cc1ccc(-c2ccc(C(F)(F)F)cc2C(N)=O)cc1-c1ccc2cnn(-c3cc(NCCO)ncn3)c2c1. The highest BCUT2D eigenvalue weighted by atomic mass is 19.4. The average molecular weight is 533 g/mol. The lowest BCUT2D eigenvalue weighted by atomic mass is 9.92. The maximum absolute atomic E-state index is 13.3. The molecule has 5 rings (SSSR count). The van der Waals surface area contributed by atoms with Crippen LogP contribution in [0.4, 0.5) is 19.0 Å². The molecule has 0 aliphatic carbocycles. The number of fused-ring (bicyclic) bond motifs is 1. The number of carbonyl (C=O) groups excluding carboxylic acids is 1. The highest BCUT2D eigenvalue weighted by Gasteiger charge is 2.31. The number of hydrogen-bond acceptors (Lipinski definition) is 6. The Morgan fingerprint density at radius 1 is 1.00 bits per heavy atom. The molecule has 0 bridgehead atoms. The Hall–Kier alpha value is -4.77. The first kappa shape index (κ1) is 25.9. The quantitative estimate of drug-likeness (QED) is 0.272. The molecule has 39 heavy (non-hydrogen) atoms. The lowest BCUT2D eigenvalue weighted by molar-refractivity contribution is -0.137. The van der Waals surface area contributed by atoms with Crippen molar-refractivity contribution in [2.75, 3.05) is 18.5 Å². The Morgan fingerprint density at radius 3 is 2.51 bits per heavy atom. The Kier molecular flexibility index (Phi) is 6.75. The Labute approximate surface area is 220 Å². The molecule has 198 valence electrons. The molecule has 3 aromatic carbocycles. The van der Waals surface area contributed by atoms with Gasteiger partial charge in [-0.25, -0.2) is 14.6 Å². The number of halogens is 3. The van der Waals surface area contributed by atoms with Gasteiger partial charge in [-0.2, -0.15) is 18.3 Å². The number of nitrogens with zero attached hydrogens (tertiary/aromatic N) is 4. The summed E-state index contributed by atoms with van der Waals surface area (Å²) < 4.78 is 41.4. The van der Waals surface area contributed by atoms with Crippen LogP contribution in [0.3, 0.4) is 0 Å². The van der Waals surface area contributed by atoms with Crippen LogP contribution in [0.25, 0.3) is 39.0 Å². The van der Waals surface area contributed by atoms with Gasteiger partial charge < -0.3 is 16.2 Å². The third kappa shape index (κ3) is 5.16. The van der Waals surface area contributed by atoms with Crippen LogP contribution in [-0.4, -0.2) is 43.9 Å². The fourth-order valence-electron chi connectivity index (χ4n) is 4.39. The zero-order valence-corrected chi connectivity index (χ0v) is 20.7. The third-order valence-electron chi connectivity index (χ3n) is 6.33. The molecular weight excluding hydrogens is 509 g/mol.